The zero-order valence-corrected chi connectivity index (χ0v) is 13.1. The Kier molecular flexibility index (Phi) is 3.47. The van der Waals surface area contributed by atoms with E-state index in [2.05, 4.69) is 5.10 Å². The summed E-state index contributed by atoms with van der Waals surface area (Å²) < 4.78 is 14.9. The van der Waals surface area contributed by atoms with Gasteiger partial charge in [0.1, 0.15) is 17.3 Å². The first-order valence-electron chi connectivity index (χ1n) is 6.32. The highest BCUT2D eigenvalue weighted by Crippen LogP contribution is 2.41. The predicted octanol–water partition coefficient (Wildman–Crippen LogP) is 4.50. The van der Waals surface area contributed by atoms with Gasteiger partial charge in [-0.1, -0.05) is 11.6 Å². The van der Waals surface area contributed by atoms with Crippen LogP contribution in [-0.2, 0) is 7.05 Å². The molecule has 0 amide bonds. The normalized spacial score (nSPS) is 11.0. The molecule has 3 nitrogen and oxygen atoms in total. The largest absolute Gasteiger partial charge is 0.383 e. The molecule has 2 N–H and O–H groups in total. The van der Waals surface area contributed by atoms with Crippen LogP contribution in [0.1, 0.15) is 4.88 Å². The van der Waals surface area contributed by atoms with Crippen molar-refractivity contribution < 1.29 is 4.39 Å². The van der Waals surface area contributed by atoms with Gasteiger partial charge in [-0.05, 0) is 37.3 Å². The number of aryl methyl sites for hydroxylation is 2. The molecule has 108 valence electrons. The van der Waals surface area contributed by atoms with E-state index in [1.54, 1.807) is 29.1 Å². The monoisotopic (exact) mass is 321 g/mol. The first-order chi connectivity index (χ1) is 9.97. The Balaban J connectivity index is 2.26. The van der Waals surface area contributed by atoms with Gasteiger partial charge in [0.25, 0.3) is 0 Å². The summed E-state index contributed by atoms with van der Waals surface area (Å²) in [6.45, 7) is 2.03. The van der Waals surface area contributed by atoms with Crippen LogP contribution in [0.15, 0.2) is 30.3 Å². The molecule has 0 bridgehead atoms. The first kappa shape index (κ1) is 14.1. The minimum absolute atomic E-state index is 0.323. The van der Waals surface area contributed by atoms with Gasteiger partial charge in [0.2, 0.25) is 0 Å². The van der Waals surface area contributed by atoms with E-state index in [4.69, 9.17) is 17.3 Å². The van der Waals surface area contributed by atoms with E-state index < -0.39 is 0 Å². The number of nitrogens with two attached hydrogens (primary N) is 1. The van der Waals surface area contributed by atoms with E-state index in [0.29, 0.717) is 16.4 Å². The van der Waals surface area contributed by atoms with Gasteiger partial charge in [0, 0.05) is 17.5 Å². The highest BCUT2D eigenvalue weighted by Gasteiger charge is 2.20. The Hall–Kier alpha value is -1.85. The maximum absolute atomic E-state index is 13.3. The van der Waals surface area contributed by atoms with E-state index in [9.17, 15) is 4.39 Å². The van der Waals surface area contributed by atoms with E-state index in [1.165, 1.54) is 17.0 Å². The third kappa shape index (κ3) is 2.43. The first-order valence-corrected chi connectivity index (χ1v) is 7.51. The standard InChI is InChI=1S/C15H13ClFN3S/c1-8-3-6-12(21-8)14-13(15(18)20(2)19-14)10-5-4-9(17)7-11(10)16/h3-7H,18H2,1-2H3. The molecular weight excluding hydrogens is 309 g/mol. The fourth-order valence-corrected chi connectivity index (χ4v) is 3.35. The van der Waals surface area contributed by atoms with E-state index in [1.807, 2.05) is 19.1 Å². The number of aromatic nitrogens is 2. The van der Waals surface area contributed by atoms with E-state index in [-0.39, 0.29) is 5.82 Å². The average Bonchev–Trinajstić information content (AvgIpc) is 2.96. The SMILES string of the molecule is Cc1ccc(-c2nn(C)c(N)c2-c2ccc(F)cc2Cl)s1. The number of rotatable bonds is 2. The number of halogens is 2. The van der Waals surface area contributed by atoms with Crippen LogP contribution in [0.5, 0.6) is 0 Å². The fraction of sp³-hybridized carbons (Fsp3) is 0.133. The van der Waals surface area contributed by atoms with E-state index in [0.717, 1.165) is 16.1 Å². The zero-order valence-electron chi connectivity index (χ0n) is 11.5. The molecule has 0 radical (unpaired) electrons. The number of anilines is 1. The van der Waals surface area contributed by atoms with Crippen molar-refractivity contribution in [1.82, 2.24) is 9.78 Å². The minimum Gasteiger partial charge on any atom is -0.383 e. The molecule has 2 aromatic heterocycles. The summed E-state index contributed by atoms with van der Waals surface area (Å²) in [4.78, 5) is 2.19. The topological polar surface area (TPSA) is 43.8 Å². The van der Waals surface area contributed by atoms with Crippen molar-refractivity contribution in [2.45, 2.75) is 6.92 Å². The molecule has 0 aliphatic heterocycles. The van der Waals surface area contributed by atoms with Crippen LogP contribution in [0, 0.1) is 12.7 Å². The van der Waals surface area contributed by atoms with Crippen molar-refractivity contribution in [3.05, 3.63) is 46.0 Å². The molecule has 0 unspecified atom stereocenters. The molecule has 0 aliphatic carbocycles. The van der Waals surface area contributed by atoms with Crippen LogP contribution in [0.25, 0.3) is 21.7 Å². The van der Waals surface area contributed by atoms with Crippen molar-refractivity contribution in [2.75, 3.05) is 5.73 Å². The Labute approximate surface area is 130 Å². The minimum atomic E-state index is -0.375. The predicted molar refractivity (Wildman–Crippen MR) is 86.1 cm³/mol. The second kappa shape index (κ2) is 5.16. The quantitative estimate of drug-likeness (QED) is 0.755. The Bertz CT molecular complexity index is 822. The number of benzene rings is 1. The molecule has 3 aromatic rings. The Morgan fingerprint density at radius 1 is 1.29 bits per heavy atom. The van der Waals surface area contributed by atoms with Crippen LogP contribution >= 0.6 is 22.9 Å². The maximum Gasteiger partial charge on any atom is 0.130 e. The zero-order chi connectivity index (χ0) is 15.1. The van der Waals surface area contributed by atoms with Gasteiger partial charge in [0.15, 0.2) is 0 Å². The van der Waals surface area contributed by atoms with Crippen LogP contribution in [-0.4, -0.2) is 9.78 Å². The van der Waals surface area contributed by atoms with Crippen molar-refractivity contribution in [3.63, 3.8) is 0 Å². The van der Waals surface area contributed by atoms with Gasteiger partial charge in [-0.2, -0.15) is 5.10 Å². The molecule has 2 heterocycles. The average molecular weight is 322 g/mol. The van der Waals surface area contributed by atoms with E-state index >= 15 is 0 Å². The second-order valence-corrected chi connectivity index (χ2v) is 6.46. The summed E-state index contributed by atoms with van der Waals surface area (Å²) >= 11 is 7.81. The van der Waals surface area contributed by atoms with Crippen LogP contribution in [0.2, 0.25) is 5.02 Å². The fourth-order valence-electron chi connectivity index (χ4n) is 2.23. The molecule has 1 aromatic carbocycles. The molecular formula is C15H13ClFN3S. The molecule has 3 rings (SSSR count). The molecule has 21 heavy (non-hydrogen) atoms. The van der Waals surface area contributed by atoms with Gasteiger partial charge in [-0.15, -0.1) is 11.3 Å². The number of hydrogen-bond donors (Lipinski definition) is 1. The molecule has 0 spiro atoms. The lowest BCUT2D eigenvalue weighted by molar-refractivity contribution is 0.628. The molecule has 0 saturated heterocycles. The summed E-state index contributed by atoms with van der Waals surface area (Å²) in [7, 11) is 1.78. The van der Waals surface area contributed by atoms with Crippen LogP contribution in [0.3, 0.4) is 0 Å². The molecule has 0 atom stereocenters. The molecule has 0 aliphatic rings. The van der Waals surface area contributed by atoms with Gasteiger partial charge >= 0.3 is 0 Å². The lowest BCUT2D eigenvalue weighted by Gasteiger charge is -2.06. The lowest BCUT2D eigenvalue weighted by Crippen LogP contribution is -1.98. The Morgan fingerprint density at radius 2 is 2.05 bits per heavy atom. The second-order valence-electron chi connectivity index (χ2n) is 4.77. The molecule has 0 saturated carbocycles. The smallest absolute Gasteiger partial charge is 0.130 e. The maximum atomic E-state index is 13.3. The number of nitrogens with zero attached hydrogens (tertiary/aromatic N) is 2. The summed E-state index contributed by atoms with van der Waals surface area (Å²) in [5, 5.41) is 4.81. The van der Waals surface area contributed by atoms with Crippen LogP contribution < -0.4 is 5.73 Å². The summed E-state index contributed by atoms with van der Waals surface area (Å²) in [6, 6.07) is 8.32. The number of hydrogen-bond acceptors (Lipinski definition) is 3. The highest BCUT2D eigenvalue weighted by atomic mass is 35.5. The van der Waals surface area contributed by atoms with Gasteiger partial charge in [0.05, 0.1) is 15.5 Å². The highest BCUT2D eigenvalue weighted by molar-refractivity contribution is 7.15. The third-order valence-electron chi connectivity index (χ3n) is 3.27. The van der Waals surface area contributed by atoms with Crippen molar-refractivity contribution in [1.29, 1.82) is 0 Å². The van der Waals surface area contributed by atoms with Gasteiger partial charge < -0.3 is 5.73 Å². The number of nitrogen functional groups attached to an aromatic ring is 1. The van der Waals surface area contributed by atoms with Gasteiger partial charge in [-0.3, -0.25) is 4.68 Å². The summed E-state index contributed by atoms with van der Waals surface area (Å²) in [5.41, 5.74) is 8.33. The number of thiophene rings is 1. The van der Waals surface area contributed by atoms with Crippen molar-refractivity contribution >= 4 is 28.8 Å². The third-order valence-corrected chi connectivity index (χ3v) is 4.59. The van der Waals surface area contributed by atoms with Crippen molar-refractivity contribution in [3.8, 4) is 21.7 Å². The van der Waals surface area contributed by atoms with Crippen LogP contribution in [0.4, 0.5) is 10.2 Å². The summed E-state index contributed by atoms with van der Waals surface area (Å²) in [6.07, 6.45) is 0. The molecule has 6 heteroatoms. The summed E-state index contributed by atoms with van der Waals surface area (Å²) in [5.74, 6) is 0.129. The Morgan fingerprint density at radius 3 is 2.67 bits per heavy atom. The molecule has 0 fully saturated rings. The lowest BCUT2D eigenvalue weighted by atomic mass is 10.0. The van der Waals surface area contributed by atoms with Crippen molar-refractivity contribution in [2.24, 2.45) is 7.05 Å². The van der Waals surface area contributed by atoms with Gasteiger partial charge in [-0.25, -0.2) is 4.39 Å².